The topological polar surface area (TPSA) is 47.6 Å². The number of rotatable bonds is 8. The zero-order chi connectivity index (χ0) is 18.2. The van der Waals surface area contributed by atoms with E-state index in [0.29, 0.717) is 28.8 Å². The number of hydrogen-bond donors (Lipinski definition) is 1. The second-order valence-corrected chi connectivity index (χ2v) is 5.83. The lowest BCUT2D eigenvalue weighted by molar-refractivity contribution is -0.111. The van der Waals surface area contributed by atoms with Crippen LogP contribution < -0.4 is 14.8 Å². The number of amides is 1. The summed E-state index contributed by atoms with van der Waals surface area (Å²) in [7, 11) is 1.59. The molecule has 0 bridgehead atoms. The van der Waals surface area contributed by atoms with Gasteiger partial charge in [0.05, 0.1) is 18.7 Å². The first kappa shape index (κ1) is 18.9. The average molecular weight is 360 g/mol. The van der Waals surface area contributed by atoms with Crippen molar-refractivity contribution in [3.63, 3.8) is 0 Å². The average Bonchev–Trinajstić information content (AvgIpc) is 2.62. The van der Waals surface area contributed by atoms with E-state index in [-0.39, 0.29) is 5.91 Å². The lowest BCUT2D eigenvalue weighted by Gasteiger charge is -2.17. The molecule has 1 N–H and O–H groups in total. The highest BCUT2D eigenvalue weighted by molar-refractivity contribution is 6.34. The lowest BCUT2D eigenvalue weighted by Crippen LogP contribution is -2.09. The van der Waals surface area contributed by atoms with Crippen LogP contribution >= 0.6 is 11.6 Å². The molecule has 0 aliphatic rings. The van der Waals surface area contributed by atoms with Gasteiger partial charge in [0.25, 0.3) is 0 Å². The monoisotopic (exact) mass is 359 g/mol. The fourth-order valence-corrected chi connectivity index (χ4v) is 2.63. The van der Waals surface area contributed by atoms with Crippen molar-refractivity contribution in [2.75, 3.05) is 19.0 Å². The Hall–Kier alpha value is -2.46. The fourth-order valence-electron chi connectivity index (χ4n) is 2.36. The Morgan fingerprint density at radius 3 is 2.80 bits per heavy atom. The van der Waals surface area contributed by atoms with E-state index < -0.39 is 0 Å². The molecule has 0 aromatic heterocycles. The highest BCUT2D eigenvalue weighted by atomic mass is 35.5. The quantitative estimate of drug-likeness (QED) is 0.512. The molecule has 0 fully saturated rings. The van der Waals surface area contributed by atoms with Crippen LogP contribution in [0, 0.1) is 0 Å². The van der Waals surface area contributed by atoms with Gasteiger partial charge >= 0.3 is 0 Å². The summed E-state index contributed by atoms with van der Waals surface area (Å²) in [6.45, 7) is 6.19. The molecule has 0 atom stereocenters. The maximum absolute atomic E-state index is 11.8. The third kappa shape index (κ3) is 4.77. The van der Waals surface area contributed by atoms with E-state index in [4.69, 9.17) is 21.1 Å². The van der Waals surface area contributed by atoms with Gasteiger partial charge in [-0.3, -0.25) is 4.79 Å². The molecule has 2 aromatic carbocycles. The first-order valence-electron chi connectivity index (χ1n) is 8.13. The normalized spacial score (nSPS) is 10.2. The van der Waals surface area contributed by atoms with E-state index in [2.05, 4.69) is 18.8 Å². The third-order valence-electron chi connectivity index (χ3n) is 3.67. The fraction of sp³-hybridized carbons (Fsp3) is 0.250. The Kier molecular flexibility index (Phi) is 6.90. The number of methoxy groups -OCH3 is 1. The molecule has 4 nitrogen and oxygen atoms in total. The minimum absolute atomic E-state index is 0.299. The standard InChI is InChI=1S/C20H22ClNO3/c1-4-6-12-25-18-9-7-8-16(21)20(18)15-13-14(24-3)10-11-17(15)22-19(23)5-2/h5,7-11,13H,2,4,6,12H2,1,3H3,(H,22,23). The Morgan fingerprint density at radius 1 is 1.32 bits per heavy atom. The van der Waals surface area contributed by atoms with Crippen molar-refractivity contribution in [2.45, 2.75) is 19.8 Å². The summed E-state index contributed by atoms with van der Waals surface area (Å²) in [5.74, 6) is 1.03. The van der Waals surface area contributed by atoms with Crippen LogP contribution in [0.3, 0.4) is 0 Å². The molecule has 132 valence electrons. The highest BCUT2D eigenvalue weighted by Gasteiger charge is 2.16. The van der Waals surface area contributed by atoms with Gasteiger partial charge in [-0.25, -0.2) is 0 Å². The van der Waals surface area contributed by atoms with Gasteiger partial charge in [0, 0.05) is 16.8 Å². The van der Waals surface area contributed by atoms with Crippen molar-refractivity contribution >= 4 is 23.2 Å². The molecule has 1 amide bonds. The van der Waals surface area contributed by atoms with Crippen molar-refractivity contribution in [1.82, 2.24) is 0 Å². The SMILES string of the molecule is C=CC(=O)Nc1ccc(OC)cc1-c1c(Cl)cccc1OCCCC. The number of benzene rings is 2. The molecule has 0 aliphatic carbocycles. The molecule has 0 aliphatic heterocycles. The first-order valence-corrected chi connectivity index (χ1v) is 8.51. The van der Waals surface area contributed by atoms with E-state index in [9.17, 15) is 4.79 Å². The summed E-state index contributed by atoms with van der Waals surface area (Å²) >= 11 is 6.46. The van der Waals surface area contributed by atoms with Crippen molar-refractivity contribution in [1.29, 1.82) is 0 Å². The number of ether oxygens (including phenoxy) is 2. The van der Waals surface area contributed by atoms with E-state index in [1.165, 1.54) is 6.08 Å². The molecule has 0 saturated heterocycles. The maximum atomic E-state index is 11.8. The first-order chi connectivity index (χ1) is 12.1. The maximum Gasteiger partial charge on any atom is 0.247 e. The molecule has 2 rings (SSSR count). The van der Waals surface area contributed by atoms with Crippen molar-refractivity contribution in [3.8, 4) is 22.6 Å². The Balaban J connectivity index is 2.55. The summed E-state index contributed by atoms with van der Waals surface area (Å²) in [5.41, 5.74) is 2.06. The highest BCUT2D eigenvalue weighted by Crippen LogP contribution is 2.42. The molecule has 25 heavy (non-hydrogen) atoms. The minimum atomic E-state index is -0.299. The largest absolute Gasteiger partial charge is 0.497 e. The van der Waals surface area contributed by atoms with Crippen molar-refractivity contribution < 1.29 is 14.3 Å². The number of anilines is 1. The molecule has 0 heterocycles. The molecule has 0 unspecified atom stereocenters. The van der Waals surface area contributed by atoms with Crippen LogP contribution in [0.4, 0.5) is 5.69 Å². The minimum Gasteiger partial charge on any atom is -0.497 e. The van der Waals surface area contributed by atoms with Crippen LogP contribution in [0.5, 0.6) is 11.5 Å². The van der Waals surface area contributed by atoms with Gasteiger partial charge in [-0.1, -0.05) is 37.6 Å². The number of unbranched alkanes of at least 4 members (excludes halogenated alkanes) is 1. The molecule has 0 spiro atoms. The van der Waals surface area contributed by atoms with E-state index in [0.717, 1.165) is 24.0 Å². The smallest absolute Gasteiger partial charge is 0.247 e. The second kappa shape index (κ2) is 9.14. The molecule has 0 saturated carbocycles. The van der Waals surface area contributed by atoms with E-state index in [1.807, 2.05) is 18.2 Å². The van der Waals surface area contributed by atoms with Crippen LogP contribution in [0.25, 0.3) is 11.1 Å². The summed E-state index contributed by atoms with van der Waals surface area (Å²) in [6, 6.07) is 10.9. The number of halogens is 1. The number of nitrogens with one attached hydrogen (secondary N) is 1. The predicted molar refractivity (Wildman–Crippen MR) is 103 cm³/mol. The third-order valence-corrected chi connectivity index (χ3v) is 3.99. The zero-order valence-electron chi connectivity index (χ0n) is 14.5. The number of carbonyl (C=O) groups excluding carboxylic acids is 1. The van der Waals surface area contributed by atoms with Crippen LogP contribution in [0.2, 0.25) is 5.02 Å². The predicted octanol–water partition coefficient (Wildman–Crippen LogP) is 5.32. The summed E-state index contributed by atoms with van der Waals surface area (Å²) < 4.78 is 11.2. The van der Waals surface area contributed by atoms with Crippen LogP contribution in [-0.2, 0) is 4.79 Å². The van der Waals surface area contributed by atoms with Gasteiger partial charge in [-0.05, 0) is 42.8 Å². The Bertz CT molecular complexity index is 759. The molecule has 2 aromatic rings. The number of carbonyl (C=O) groups is 1. The van der Waals surface area contributed by atoms with Crippen molar-refractivity contribution in [3.05, 3.63) is 54.1 Å². The van der Waals surface area contributed by atoms with Gasteiger partial charge in [-0.2, -0.15) is 0 Å². The molecular weight excluding hydrogens is 338 g/mol. The molecule has 5 heteroatoms. The molecular formula is C20H22ClNO3. The van der Waals surface area contributed by atoms with Crippen molar-refractivity contribution in [2.24, 2.45) is 0 Å². The Labute approximate surface area is 153 Å². The summed E-state index contributed by atoms with van der Waals surface area (Å²) in [4.78, 5) is 11.8. The van der Waals surface area contributed by atoms with Gasteiger partial charge in [0.15, 0.2) is 0 Å². The summed E-state index contributed by atoms with van der Waals surface area (Å²) in [6.07, 6.45) is 3.21. The lowest BCUT2D eigenvalue weighted by atomic mass is 10.0. The zero-order valence-corrected chi connectivity index (χ0v) is 15.2. The van der Waals surface area contributed by atoms with Crippen LogP contribution in [-0.4, -0.2) is 19.6 Å². The van der Waals surface area contributed by atoms with E-state index >= 15 is 0 Å². The summed E-state index contributed by atoms with van der Waals surface area (Å²) in [5, 5.41) is 3.34. The molecule has 0 radical (unpaired) electrons. The van der Waals surface area contributed by atoms with Gasteiger partial charge < -0.3 is 14.8 Å². The van der Waals surface area contributed by atoms with Crippen LogP contribution in [0.1, 0.15) is 19.8 Å². The Morgan fingerprint density at radius 2 is 2.12 bits per heavy atom. The second-order valence-electron chi connectivity index (χ2n) is 5.42. The number of hydrogen-bond acceptors (Lipinski definition) is 3. The van der Waals surface area contributed by atoms with Gasteiger partial charge in [-0.15, -0.1) is 0 Å². The van der Waals surface area contributed by atoms with Crippen LogP contribution in [0.15, 0.2) is 49.1 Å². The van der Waals surface area contributed by atoms with E-state index in [1.54, 1.807) is 25.3 Å². The van der Waals surface area contributed by atoms with Gasteiger partial charge in [0.2, 0.25) is 5.91 Å². The van der Waals surface area contributed by atoms with Gasteiger partial charge in [0.1, 0.15) is 11.5 Å².